The summed E-state index contributed by atoms with van der Waals surface area (Å²) in [6.07, 6.45) is 20.0. The smallest absolute Gasteiger partial charge is 0.336 e. The van der Waals surface area contributed by atoms with Crippen molar-refractivity contribution < 1.29 is 9.90 Å². The largest absolute Gasteiger partial charge is 0.478 e. The average molecular weight is 383 g/mol. The van der Waals surface area contributed by atoms with Crippen LogP contribution >= 0.6 is 0 Å². The molecule has 2 rings (SSSR count). The van der Waals surface area contributed by atoms with Gasteiger partial charge in [0.05, 0.1) is 5.57 Å². The van der Waals surface area contributed by atoms with Gasteiger partial charge in [0, 0.05) is 0 Å². The lowest BCUT2D eigenvalue weighted by Gasteiger charge is -2.29. The van der Waals surface area contributed by atoms with Gasteiger partial charge in [-0.25, -0.2) is 4.79 Å². The highest BCUT2D eigenvalue weighted by molar-refractivity contribution is 6.15. The summed E-state index contributed by atoms with van der Waals surface area (Å²) in [5.41, 5.74) is 2.53. The van der Waals surface area contributed by atoms with Crippen LogP contribution in [0.1, 0.15) is 102 Å². The number of allylic oxidation sites excluding steroid dienone is 3. The van der Waals surface area contributed by atoms with E-state index < -0.39 is 5.97 Å². The maximum Gasteiger partial charge on any atom is 0.336 e. The van der Waals surface area contributed by atoms with E-state index >= 15 is 0 Å². The normalized spacial score (nSPS) is 20.6. The fourth-order valence-corrected chi connectivity index (χ4v) is 4.35. The highest BCUT2D eigenvalue weighted by Crippen LogP contribution is 2.38. The third kappa shape index (κ3) is 7.30. The molecule has 0 radical (unpaired) electrons. The summed E-state index contributed by atoms with van der Waals surface area (Å²) in [6.45, 7) is 4.32. The zero-order chi connectivity index (χ0) is 20.2. The third-order valence-corrected chi connectivity index (χ3v) is 6.12. The lowest BCUT2D eigenvalue weighted by Crippen LogP contribution is -2.13. The molecule has 1 aromatic carbocycles. The van der Waals surface area contributed by atoms with E-state index in [0.717, 1.165) is 17.9 Å². The van der Waals surface area contributed by atoms with Crippen molar-refractivity contribution in [3.63, 3.8) is 0 Å². The number of carbonyl (C=O) groups is 1. The van der Waals surface area contributed by atoms with Gasteiger partial charge in [-0.05, 0) is 61.1 Å². The topological polar surface area (TPSA) is 37.3 Å². The van der Waals surface area contributed by atoms with Crippen molar-refractivity contribution in [2.75, 3.05) is 0 Å². The van der Waals surface area contributed by atoms with Gasteiger partial charge in [-0.1, -0.05) is 88.8 Å². The number of carboxylic acid groups (broad SMARTS) is 1. The SMILES string of the molecule is CC/C=C/C=C(/C(=O)O)c1ccc(C2CCC(CCCCCCC)CC2)cc1. The molecule has 0 atom stereocenters. The Morgan fingerprint density at radius 3 is 2.29 bits per heavy atom. The van der Waals surface area contributed by atoms with Crippen molar-refractivity contribution in [1.82, 2.24) is 0 Å². The van der Waals surface area contributed by atoms with Crippen molar-refractivity contribution in [2.45, 2.75) is 90.4 Å². The van der Waals surface area contributed by atoms with E-state index in [0.29, 0.717) is 11.5 Å². The molecule has 28 heavy (non-hydrogen) atoms. The number of carboxylic acids is 1. The van der Waals surface area contributed by atoms with Gasteiger partial charge in [-0.15, -0.1) is 0 Å². The van der Waals surface area contributed by atoms with Gasteiger partial charge in [0.25, 0.3) is 0 Å². The predicted molar refractivity (Wildman–Crippen MR) is 120 cm³/mol. The molecule has 0 bridgehead atoms. The molecular formula is C26H38O2. The van der Waals surface area contributed by atoms with Crippen molar-refractivity contribution in [2.24, 2.45) is 5.92 Å². The number of hydrogen-bond acceptors (Lipinski definition) is 1. The van der Waals surface area contributed by atoms with Crippen LogP contribution in [0.4, 0.5) is 0 Å². The first-order valence-corrected chi connectivity index (χ1v) is 11.4. The van der Waals surface area contributed by atoms with Crippen molar-refractivity contribution >= 4 is 11.5 Å². The van der Waals surface area contributed by atoms with E-state index in [2.05, 4.69) is 19.1 Å². The van der Waals surface area contributed by atoms with Gasteiger partial charge >= 0.3 is 5.97 Å². The first-order chi connectivity index (χ1) is 13.7. The molecule has 1 fully saturated rings. The van der Waals surface area contributed by atoms with Gasteiger partial charge in [0.15, 0.2) is 0 Å². The van der Waals surface area contributed by atoms with Crippen LogP contribution in [0.2, 0.25) is 0 Å². The average Bonchev–Trinajstić information content (AvgIpc) is 2.72. The zero-order valence-electron chi connectivity index (χ0n) is 17.8. The maximum atomic E-state index is 11.6. The molecule has 1 N–H and O–H groups in total. The molecule has 2 heteroatoms. The summed E-state index contributed by atoms with van der Waals surface area (Å²) in [5, 5.41) is 9.49. The van der Waals surface area contributed by atoms with Gasteiger partial charge in [-0.3, -0.25) is 0 Å². The lowest BCUT2D eigenvalue weighted by atomic mass is 9.77. The molecule has 1 aliphatic rings. The van der Waals surface area contributed by atoms with Crippen LogP contribution < -0.4 is 0 Å². The summed E-state index contributed by atoms with van der Waals surface area (Å²) >= 11 is 0. The van der Waals surface area contributed by atoms with Gasteiger partial charge < -0.3 is 5.11 Å². The molecule has 0 unspecified atom stereocenters. The molecule has 0 heterocycles. The molecule has 1 aromatic rings. The first-order valence-electron chi connectivity index (χ1n) is 11.4. The monoisotopic (exact) mass is 382 g/mol. The van der Waals surface area contributed by atoms with E-state index in [1.807, 2.05) is 31.2 Å². The molecule has 0 aliphatic heterocycles. The Hall–Kier alpha value is -1.83. The second kappa shape index (κ2) is 12.6. The number of hydrogen-bond donors (Lipinski definition) is 1. The summed E-state index contributed by atoms with van der Waals surface area (Å²) in [6, 6.07) is 8.25. The molecule has 154 valence electrons. The van der Waals surface area contributed by atoms with Crippen LogP contribution in [0, 0.1) is 5.92 Å². The number of unbranched alkanes of at least 4 members (excludes halogenated alkanes) is 4. The molecule has 0 spiro atoms. The molecule has 1 aliphatic carbocycles. The van der Waals surface area contributed by atoms with Crippen molar-refractivity contribution in [3.8, 4) is 0 Å². The standard InChI is InChI=1S/C26H38O2/c1-3-5-7-8-10-11-21-13-15-22(16-14-21)23-17-19-24(20-18-23)25(26(27)28)12-9-6-4-2/h6,9,12,17-22H,3-5,7-8,10-11,13-16H2,1-2H3,(H,27,28)/b9-6+,25-12+. The molecule has 2 nitrogen and oxygen atoms in total. The van der Waals surface area contributed by atoms with Crippen molar-refractivity contribution in [1.29, 1.82) is 0 Å². The van der Waals surface area contributed by atoms with E-state index in [-0.39, 0.29) is 0 Å². The molecule has 0 aromatic heterocycles. The van der Waals surface area contributed by atoms with Gasteiger partial charge in [0.2, 0.25) is 0 Å². The number of rotatable bonds is 11. The fraction of sp³-hybridized carbons (Fsp3) is 0.577. The highest BCUT2D eigenvalue weighted by Gasteiger charge is 2.22. The maximum absolute atomic E-state index is 11.6. The van der Waals surface area contributed by atoms with Gasteiger partial charge in [-0.2, -0.15) is 0 Å². The zero-order valence-corrected chi connectivity index (χ0v) is 17.8. The second-order valence-corrected chi connectivity index (χ2v) is 8.26. The predicted octanol–water partition coefficient (Wildman–Crippen LogP) is 7.76. The Morgan fingerprint density at radius 1 is 1.00 bits per heavy atom. The Bertz CT molecular complexity index is 631. The van der Waals surface area contributed by atoms with Crippen LogP contribution in [0.3, 0.4) is 0 Å². The van der Waals surface area contributed by atoms with E-state index in [4.69, 9.17) is 0 Å². The van der Waals surface area contributed by atoms with Gasteiger partial charge in [0.1, 0.15) is 0 Å². The second-order valence-electron chi connectivity index (χ2n) is 8.26. The van der Waals surface area contributed by atoms with Crippen LogP contribution in [0.25, 0.3) is 5.57 Å². The molecule has 0 saturated heterocycles. The minimum Gasteiger partial charge on any atom is -0.478 e. The van der Waals surface area contributed by atoms with Crippen molar-refractivity contribution in [3.05, 3.63) is 53.6 Å². The summed E-state index contributed by atoms with van der Waals surface area (Å²) in [5.74, 6) is 0.694. The van der Waals surface area contributed by atoms with E-state index in [1.54, 1.807) is 6.08 Å². The van der Waals surface area contributed by atoms with Crippen LogP contribution in [-0.4, -0.2) is 11.1 Å². The minimum atomic E-state index is -0.868. The van der Waals surface area contributed by atoms with E-state index in [9.17, 15) is 9.90 Å². The minimum absolute atomic E-state index is 0.364. The Morgan fingerprint density at radius 2 is 1.68 bits per heavy atom. The van der Waals surface area contributed by atoms with Crippen LogP contribution in [-0.2, 0) is 4.79 Å². The fourth-order valence-electron chi connectivity index (χ4n) is 4.35. The highest BCUT2D eigenvalue weighted by atomic mass is 16.4. The Kier molecular flexibility index (Phi) is 10.1. The third-order valence-electron chi connectivity index (χ3n) is 6.12. The summed E-state index contributed by atoms with van der Waals surface area (Å²) in [4.78, 5) is 11.6. The number of benzene rings is 1. The summed E-state index contributed by atoms with van der Waals surface area (Å²) in [7, 11) is 0. The molecule has 1 saturated carbocycles. The number of aliphatic carboxylic acids is 1. The van der Waals surface area contributed by atoms with Crippen LogP contribution in [0.5, 0.6) is 0 Å². The molecular weight excluding hydrogens is 344 g/mol. The quantitative estimate of drug-likeness (QED) is 0.241. The van der Waals surface area contributed by atoms with E-state index in [1.165, 1.54) is 69.8 Å². The lowest BCUT2D eigenvalue weighted by molar-refractivity contribution is -0.130. The first kappa shape index (κ1) is 22.5. The molecule has 0 amide bonds. The Balaban J connectivity index is 1.86. The van der Waals surface area contributed by atoms with Crippen LogP contribution in [0.15, 0.2) is 42.5 Å². The Labute approximate surface area is 171 Å². The summed E-state index contributed by atoms with van der Waals surface area (Å²) < 4.78 is 0.